The Morgan fingerprint density at radius 1 is 0.708 bits per heavy atom. The molecular weight excluding hydrogens is 304 g/mol. The SMILES string of the molecule is O=C(O)CCCCCCCCC/C=C/C=C\C(=O)CCCCCO. The third-order valence-corrected chi connectivity index (χ3v) is 3.87. The van der Waals surface area contributed by atoms with Crippen molar-refractivity contribution in [1.82, 2.24) is 0 Å². The lowest BCUT2D eigenvalue weighted by molar-refractivity contribution is -0.137. The lowest BCUT2D eigenvalue weighted by atomic mass is 10.1. The van der Waals surface area contributed by atoms with Crippen molar-refractivity contribution in [2.45, 2.75) is 83.5 Å². The Labute approximate surface area is 146 Å². The van der Waals surface area contributed by atoms with Crippen LogP contribution in [0.25, 0.3) is 0 Å². The van der Waals surface area contributed by atoms with Crippen molar-refractivity contribution in [3.8, 4) is 0 Å². The molecule has 0 saturated carbocycles. The molecule has 0 aliphatic rings. The molecule has 0 unspecified atom stereocenters. The molecule has 0 fully saturated rings. The maximum atomic E-state index is 11.5. The molecule has 4 nitrogen and oxygen atoms in total. The summed E-state index contributed by atoms with van der Waals surface area (Å²) in [5.74, 6) is -0.542. The van der Waals surface area contributed by atoms with Gasteiger partial charge in [-0.05, 0) is 38.2 Å². The van der Waals surface area contributed by atoms with Gasteiger partial charge in [-0.2, -0.15) is 0 Å². The number of aliphatic hydroxyl groups excluding tert-OH is 1. The lowest BCUT2D eigenvalue weighted by Crippen LogP contribution is -1.93. The van der Waals surface area contributed by atoms with E-state index in [1.165, 1.54) is 19.3 Å². The highest BCUT2D eigenvalue weighted by Gasteiger charge is 1.97. The Bertz CT molecular complexity index is 372. The van der Waals surface area contributed by atoms with E-state index in [0.717, 1.165) is 51.4 Å². The zero-order chi connectivity index (χ0) is 17.9. The maximum Gasteiger partial charge on any atom is 0.303 e. The predicted molar refractivity (Wildman–Crippen MR) is 98.0 cm³/mol. The maximum absolute atomic E-state index is 11.5. The summed E-state index contributed by atoms with van der Waals surface area (Å²) < 4.78 is 0. The zero-order valence-corrected chi connectivity index (χ0v) is 14.9. The van der Waals surface area contributed by atoms with Gasteiger partial charge in [0.25, 0.3) is 0 Å². The molecule has 0 aromatic heterocycles. The van der Waals surface area contributed by atoms with Crippen LogP contribution >= 0.6 is 0 Å². The quantitative estimate of drug-likeness (QED) is 0.227. The highest BCUT2D eigenvalue weighted by Crippen LogP contribution is 2.10. The normalized spacial score (nSPS) is 11.5. The van der Waals surface area contributed by atoms with E-state index in [1.807, 2.05) is 12.2 Å². The van der Waals surface area contributed by atoms with Crippen LogP contribution in [0.15, 0.2) is 24.3 Å². The van der Waals surface area contributed by atoms with Gasteiger partial charge in [0.05, 0.1) is 0 Å². The van der Waals surface area contributed by atoms with Crippen LogP contribution in [-0.4, -0.2) is 28.6 Å². The smallest absolute Gasteiger partial charge is 0.303 e. The van der Waals surface area contributed by atoms with E-state index in [-0.39, 0.29) is 12.4 Å². The molecule has 0 spiro atoms. The fraction of sp³-hybridized carbons (Fsp3) is 0.700. The minimum atomic E-state index is -0.695. The average Bonchev–Trinajstić information content (AvgIpc) is 2.55. The molecule has 0 bridgehead atoms. The number of rotatable bonds is 17. The van der Waals surface area contributed by atoms with Crippen LogP contribution in [0.3, 0.4) is 0 Å². The van der Waals surface area contributed by atoms with E-state index in [4.69, 9.17) is 10.2 Å². The highest BCUT2D eigenvalue weighted by molar-refractivity contribution is 5.89. The first-order valence-corrected chi connectivity index (χ1v) is 9.35. The molecule has 0 aliphatic heterocycles. The van der Waals surface area contributed by atoms with E-state index in [0.29, 0.717) is 12.8 Å². The van der Waals surface area contributed by atoms with Crippen LogP contribution in [0, 0.1) is 0 Å². The Morgan fingerprint density at radius 3 is 1.96 bits per heavy atom. The molecule has 0 saturated heterocycles. The van der Waals surface area contributed by atoms with Gasteiger partial charge < -0.3 is 10.2 Å². The summed E-state index contributed by atoms with van der Waals surface area (Å²) in [4.78, 5) is 21.9. The predicted octanol–water partition coefficient (Wildman–Crippen LogP) is 4.82. The number of carbonyl (C=O) groups excluding carboxylic acids is 1. The highest BCUT2D eigenvalue weighted by atomic mass is 16.4. The van der Waals surface area contributed by atoms with Gasteiger partial charge in [0, 0.05) is 19.4 Å². The Hall–Kier alpha value is -1.42. The van der Waals surface area contributed by atoms with Crippen molar-refractivity contribution in [3.05, 3.63) is 24.3 Å². The molecule has 0 aromatic carbocycles. The first-order valence-electron chi connectivity index (χ1n) is 9.35. The second-order valence-electron chi connectivity index (χ2n) is 6.20. The molecule has 0 radical (unpaired) electrons. The first-order chi connectivity index (χ1) is 11.7. The van der Waals surface area contributed by atoms with E-state index in [1.54, 1.807) is 6.08 Å². The van der Waals surface area contributed by atoms with Gasteiger partial charge in [-0.25, -0.2) is 0 Å². The minimum absolute atomic E-state index is 0.153. The van der Waals surface area contributed by atoms with Crippen LogP contribution in [0.4, 0.5) is 0 Å². The molecule has 0 amide bonds. The van der Waals surface area contributed by atoms with Crippen molar-refractivity contribution in [2.75, 3.05) is 6.61 Å². The molecule has 0 rings (SSSR count). The molecule has 138 valence electrons. The van der Waals surface area contributed by atoms with Crippen LogP contribution in [0.5, 0.6) is 0 Å². The van der Waals surface area contributed by atoms with Crippen molar-refractivity contribution in [2.24, 2.45) is 0 Å². The Morgan fingerprint density at radius 2 is 1.29 bits per heavy atom. The lowest BCUT2D eigenvalue weighted by Gasteiger charge is -2.00. The molecule has 0 aromatic rings. The van der Waals surface area contributed by atoms with E-state index >= 15 is 0 Å². The number of carboxylic acids is 1. The summed E-state index contributed by atoms with van der Waals surface area (Å²) in [6.45, 7) is 0.206. The van der Waals surface area contributed by atoms with E-state index in [9.17, 15) is 9.59 Å². The number of hydrogen-bond acceptors (Lipinski definition) is 3. The monoisotopic (exact) mass is 338 g/mol. The topological polar surface area (TPSA) is 74.6 Å². The van der Waals surface area contributed by atoms with Crippen molar-refractivity contribution >= 4 is 11.8 Å². The Kier molecular flexibility index (Phi) is 16.9. The number of carbonyl (C=O) groups is 2. The van der Waals surface area contributed by atoms with Gasteiger partial charge >= 0.3 is 5.97 Å². The fourth-order valence-corrected chi connectivity index (χ4v) is 2.43. The van der Waals surface area contributed by atoms with Gasteiger partial charge in [0.15, 0.2) is 5.78 Å². The largest absolute Gasteiger partial charge is 0.481 e. The summed E-state index contributed by atoms with van der Waals surface area (Å²) in [7, 11) is 0. The van der Waals surface area contributed by atoms with Crippen molar-refractivity contribution in [3.63, 3.8) is 0 Å². The second-order valence-corrected chi connectivity index (χ2v) is 6.20. The molecule has 0 heterocycles. The summed E-state index contributed by atoms with van der Waals surface area (Å²) in [6.07, 6.45) is 19.6. The van der Waals surface area contributed by atoms with Gasteiger partial charge in [-0.3, -0.25) is 9.59 Å². The van der Waals surface area contributed by atoms with E-state index < -0.39 is 5.97 Å². The minimum Gasteiger partial charge on any atom is -0.481 e. The van der Waals surface area contributed by atoms with Gasteiger partial charge in [-0.15, -0.1) is 0 Å². The number of allylic oxidation sites excluding steroid dienone is 4. The molecule has 4 heteroatoms. The number of hydrogen-bond donors (Lipinski definition) is 2. The number of ketones is 1. The zero-order valence-electron chi connectivity index (χ0n) is 14.9. The summed E-state index contributed by atoms with van der Waals surface area (Å²) in [5, 5.41) is 17.2. The number of unbranched alkanes of at least 4 members (excludes halogenated alkanes) is 9. The molecule has 0 atom stereocenters. The Balaban J connectivity index is 3.35. The fourth-order valence-electron chi connectivity index (χ4n) is 2.43. The summed E-state index contributed by atoms with van der Waals surface area (Å²) in [5.41, 5.74) is 0. The van der Waals surface area contributed by atoms with Crippen LogP contribution in [-0.2, 0) is 9.59 Å². The summed E-state index contributed by atoms with van der Waals surface area (Å²) >= 11 is 0. The summed E-state index contributed by atoms with van der Waals surface area (Å²) in [6, 6.07) is 0. The molecule has 2 N–H and O–H groups in total. The standard InChI is InChI=1S/C20H34O4/c21-18-14-10-12-16-19(22)15-11-8-6-4-2-1-3-5-7-9-13-17-20(23)24/h6,8,11,15,21H,1-5,7,9-10,12-14,16-18H2,(H,23,24)/b8-6+,15-11-. The molecular formula is C20H34O4. The van der Waals surface area contributed by atoms with Gasteiger partial charge in [-0.1, -0.05) is 56.8 Å². The number of aliphatic carboxylic acids is 1. The van der Waals surface area contributed by atoms with Gasteiger partial charge in [0.2, 0.25) is 0 Å². The van der Waals surface area contributed by atoms with Crippen LogP contribution < -0.4 is 0 Å². The molecule has 24 heavy (non-hydrogen) atoms. The van der Waals surface area contributed by atoms with Gasteiger partial charge in [0.1, 0.15) is 0 Å². The third kappa shape index (κ3) is 18.6. The average molecular weight is 338 g/mol. The van der Waals surface area contributed by atoms with E-state index in [2.05, 4.69) is 6.08 Å². The van der Waals surface area contributed by atoms with Crippen molar-refractivity contribution in [1.29, 1.82) is 0 Å². The first kappa shape index (κ1) is 22.6. The van der Waals surface area contributed by atoms with Crippen LogP contribution in [0.2, 0.25) is 0 Å². The van der Waals surface area contributed by atoms with Crippen LogP contribution in [0.1, 0.15) is 83.5 Å². The number of carboxylic acid groups (broad SMARTS) is 1. The van der Waals surface area contributed by atoms with Crippen molar-refractivity contribution < 1.29 is 19.8 Å². The second kappa shape index (κ2) is 17.9. The number of aliphatic hydroxyl groups is 1. The molecule has 0 aliphatic carbocycles. The third-order valence-electron chi connectivity index (χ3n) is 3.87.